The first-order valence-electron chi connectivity index (χ1n) is 6.57. The minimum absolute atomic E-state index is 0.344. The zero-order chi connectivity index (χ0) is 14.9. The molecule has 0 saturated heterocycles. The number of amides is 1. The summed E-state index contributed by atoms with van der Waals surface area (Å²) in [5.41, 5.74) is 0.987. The lowest BCUT2D eigenvalue weighted by atomic mass is 10.1. The van der Waals surface area contributed by atoms with Crippen LogP contribution < -0.4 is 4.90 Å². The van der Waals surface area contributed by atoms with E-state index >= 15 is 0 Å². The summed E-state index contributed by atoms with van der Waals surface area (Å²) in [4.78, 5) is 27.9. The van der Waals surface area contributed by atoms with Crippen LogP contribution in [0.25, 0.3) is 0 Å². The molecule has 0 bridgehead atoms. The van der Waals surface area contributed by atoms with E-state index in [2.05, 4.69) is 41.3 Å². The molecular weight excluding hydrogens is 391 g/mol. The van der Waals surface area contributed by atoms with Gasteiger partial charge < -0.3 is 9.80 Å². The third-order valence-corrected chi connectivity index (χ3v) is 4.45. The number of anilines is 1. The molecular formula is C14H16ClIN2O2. The Morgan fingerprint density at radius 2 is 1.90 bits per heavy atom. The molecule has 4 nitrogen and oxygen atoms in total. The molecule has 1 aliphatic heterocycles. The first kappa shape index (κ1) is 15.7. The smallest absolute Gasteiger partial charge is 0.299 e. The van der Waals surface area contributed by atoms with E-state index in [1.165, 1.54) is 0 Å². The molecule has 0 aliphatic carbocycles. The maximum atomic E-state index is 12.1. The molecule has 0 spiro atoms. The van der Waals surface area contributed by atoms with E-state index in [0.29, 0.717) is 22.8 Å². The first-order chi connectivity index (χ1) is 9.49. The van der Waals surface area contributed by atoms with Crippen molar-refractivity contribution in [2.75, 3.05) is 31.1 Å². The number of fused-ring (bicyclic) bond motifs is 1. The summed E-state index contributed by atoms with van der Waals surface area (Å²) in [5, 5.41) is 0.357. The number of Topliss-reactive ketones (excluding diaryl/α,β-unsaturated/α-hetero) is 1. The van der Waals surface area contributed by atoms with Crippen LogP contribution in [0.1, 0.15) is 24.2 Å². The summed E-state index contributed by atoms with van der Waals surface area (Å²) in [5.74, 6) is -0.975. The summed E-state index contributed by atoms with van der Waals surface area (Å²) in [6.07, 6.45) is 0. The van der Waals surface area contributed by atoms with Crippen LogP contribution >= 0.6 is 34.2 Å². The van der Waals surface area contributed by atoms with Gasteiger partial charge in [0.2, 0.25) is 0 Å². The molecule has 0 aromatic heterocycles. The van der Waals surface area contributed by atoms with E-state index in [0.717, 1.165) is 23.2 Å². The van der Waals surface area contributed by atoms with Crippen molar-refractivity contribution in [3.63, 3.8) is 0 Å². The maximum Gasteiger partial charge on any atom is 0.299 e. The summed E-state index contributed by atoms with van der Waals surface area (Å²) in [7, 11) is 0. The Labute approximate surface area is 137 Å². The van der Waals surface area contributed by atoms with Crippen LogP contribution in [0.4, 0.5) is 5.69 Å². The number of halogens is 2. The van der Waals surface area contributed by atoms with Crippen LogP contribution in [-0.4, -0.2) is 42.8 Å². The molecule has 1 heterocycles. The molecule has 1 amide bonds. The quantitative estimate of drug-likeness (QED) is 0.558. The first-order valence-corrected chi connectivity index (χ1v) is 8.02. The van der Waals surface area contributed by atoms with Gasteiger partial charge in [-0.2, -0.15) is 0 Å². The molecule has 1 aromatic rings. The number of carbonyl (C=O) groups excluding carboxylic acids is 2. The number of hydrogen-bond donors (Lipinski definition) is 0. The van der Waals surface area contributed by atoms with Gasteiger partial charge in [0.25, 0.3) is 11.7 Å². The van der Waals surface area contributed by atoms with Crippen molar-refractivity contribution < 1.29 is 9.59 Å². The van der Waals surface area contributed by atoms with Gasteiger partial charge in [-0.25, -0.2) is 0 Å². The number of nitrogens with zero attached hydrogens (tertiary/aromatic N) is 2. The molecule has 1 aromatic carbocycles. The summed E-state index contributed by atoms with van der Waals surface area (Å²) >= 11 is 8.24. The highest BCUT2D eigenvalue weighted by molar-refractivity contribution is 14.1. The van der Waals surface area contributed by atoms with Crippen LogP contribution in [0.15, 0.2) is 12.1 Å². The fraction of sp³-hybridized carbons (Fsp3) is 0.429. The van der Waals surface area contributed by atoms with Crippen LogP contribution in [-0.2, 0) is 4.79 Å². The number of likely N-dealkylation sites (N-methyl/N-ethyl adjacent to an activating group) is 1. The number of rotatable bonds is 5. The van der Waals surface area contributed by atoms with E-state index in [1.54, 1.807) is 11.0 Å². The Bertz CT molecular complexity index is 558. The summed E-state index contributed by atoms with van der Waals surface area (Å²) < 4.78 is 0.918. The largest absolute Gasteiger partial charge is 0.303 e. The highest BCUT2D eigenvalue weighted by atomic mass is 127. The van der Waals surface area contributed by atoms with Crippen molar-refractivity contribution >= 4 is 51.6 Å². The van der Waals surface area contributed by atoms with Crippen LogP contribution in [0, 0.1) is 3.57 Å². The van der Waals surface area contributed by atoms with Crippen LogP contribution in [0.3, 0.4) is 0 Å². The molecule has 0 saturated carbocycles. The second-order valence-corrected chi connectivity index (χ2v) is 6.25. The van der Waals surface area contributed by atoms with Crippen molar-refractivity contribution in [3.8, 4) is 0 Å². The zero-order valence-electron chi connectivity index (χ0n) is 11.4. The predicted molar refractivity (Wildman–Crippen MR) is 88.6 cm³/mol. The van der Waals surface area contributed by atoms with Gasteiger partial charge in [0.15, 0.2) is 0 Å². The lowest BCUT2D eigenvalue weighted by Gasteiger charge is -2.23. The van der Waals surface area contributed by atoms with Gasteiger partial charge in [-0.3, -0.25) is 9.59 Å². The molecule has 108 valence electrons. The van der Waals surface area contributed by atoms with Gasteiger partial charge >= 0.3 is 0 Å². The highest BCUT2D eigenvalue weighted by Gasteiger charge is 2.37. The van der Waals surface area contributed by atoms with Crippen molar-refractivity contribution in [2.45, 2.75) is 13.8 Å². The Morgan fingerprint density at radius 3 is 2.50 bits per heavy atom. The lowest BCUT2D eigenvalue weighted by Crippen LogP contribution is -2.38. The standard InChI is InChI=1S/C14H16ClIN2O2/c1-3-17(4-2)5-6-18-11-8-9(16)7-10(15)12(11)13(19)14(18)20/h7-8H,3-6H2,1-2H3. The van der Waals surface area contributed by atoms with Gasteiger partial charge in [-0.05, 0) is 47.8 Å². The van der Waals surface area contributed by atoms with Gasteiger partial charge in [0.1, 0.15) is 0 Å². The molecule has 0 atom stereocenters. The fourth-order valence-corrected chi connectivity index (χ4v) is 3.43. The molecule has 0 fully saturated rings. The Balaban J connectivity index is 2.29. The van der Waals surface area contributed by atoms with E-state index in [4.69, 9.17) is 11.6 Å². The molecule has 2 rings (SSSR count). The minimum atomic E-state index is -0.499. The number of ketones is 1. The van der Waals surface area contributed by atoms with Gasteiger partial charge in [0.05, 0.1) is 16.3 Å². The van der Waals surface area contributed by atoms with Crippen LogP contribution in [0.2, 0.25) is 5.02 Å². The van der Waals surface area contributed by atoms with E-state index in [-0.39, 0.29) is 0 Å². The van der Waals surface area contributed by atoms with E-state index in [9.17, 15) is 9.59 Å². The number of hydrogen-bond acceptors (Lipinski definition) is 3. The number of benzene rings is 1. The van der Waals surface area contributed by atoms with E-state index < -0.39 is 11.7 Å². The minimum Gasteiger partial charge on any atom is -0.303 e. The maximum absolute atomic E-state index is 12.1. The fourth-order valence-electron chi connectivity index (χ4n) is 2.34. The van der Waals surface area contributed by atoms with Gasteiger partial charge in [-0.1, -0.05) is 25.4 Å². The van der Waals surface area contributed by atoms with E-state index in [1.807, 2.05) is 6.07 Å². The molecule has 0 unspecified atom stereocenters. The number of carbonyl (C=O) groups is 2. The van der Waals surface area contributed by atoms with Crippen molar-refractivity contribution in [2.24, 2.45) is 0 Å². The summed E-state index contributed by atoms with van der Waals surface area (Å²) in [6, 6.07) is 3.55. The monoisotopic (exact) mass is 406 g/mol. The lowest BCUT2D eigenvalue weighted by molar-refractivity contribution is -0.114. The van der Waals surface area contributed by atoms with Gasteiger partial charge in [0, 0.05) is 16.7 Å². The Kier molecular flexibility index (Phi) is 5.04. The topological polar surface area (TPSA) is 40.6 Å². The third kappa shape index (κ3) is 2.84. The van der Waals surface area contributed by atoms with Crippen molar-refractivity contribution in [1.29, 1.82) is 0 Å². The van der Waals surface area contributed by atoms with Crippen LogP contribution in [0.5, 0.6) is 0 Å². The second kappa shape index (κ2) is 6.41. The zero-order valence-corrected chi connectivity index (χ0v) is 14.4. The third-order valence-electron chi connectivity index (χ3n) is 3.53. The Hall–Kier alpha value is -0.660. The SMILES string of the molecule is CCN(CC)CCN1C(=O)C(=O)c2c(Cl)cc(I)cc21. The molecule has 6 heteroatoms. The summed E-state index contributed by atoms with van der Waals surface area (Å²) in [6.45, 7) is 7.26. The molecule has 1 aliphatic rings. The van der Waals surface area contributed by atoms with Gasteiger partial charge in [-0.15, -0.1) is 0 Å². The average Bonchev–Trinajstić information content (AvgIpc) is 2.64. The Morgan fingerprint density at radius 1 is 1.25 bits per heavy atom. The average molecular weight is 407 g/mol. The predicted octanol–water partition coefficient (Wildman–Crippen LogP) is 2.82. The molecule has 20 heavy (non-hydrogen) atoms. The van der Waals surface area contributed by atoms with Crippen molar-refractivity contribution in [1.82, 2.24) is 4.90 Å². The second-order valence-electron chi connectivity index (χ2n) is 4.59. The molecule has 0 N–H and O–H groups in total. The van der Waals surface area contributed by atoms with Crippen molar-refractivity contribution in [3.05, 3.63) is 26.3 Å². The normalized spacial score (nSPS) is 14.3. The highest BCUT2D eigenvalue weighted by Crippen LogP contribution is 2.35. The molecule has 0 radical (unpaired) electrons.